The van der Waals surface area contributed by atoms with Crippen molar-refractivity contribution in [2.75, 3.05) is 43.4 Å². The van der Waals surface area contributed by atoms with Gasteiger partial charge in [0, 0.05) is 43.3 Å². The summed E-state index contributed by atoms with van der Waals surface area (Å²) < 4.78 is 55.6. The predicted molar refractivity (Wildman–Crippen MR) is 121 cm³/mol. The molecule has 1 aliphatic rings. The van der Waals surface area contributed by atoms with Gasteiger partial charge in [0.25, 0.3) is 5.91 Å². The first-order valence-corrected chi connectivity index (χ1v) is 11.3. The van der Waals surface area contributed by atoms with Crippen molar-refractivity contribution in [2.24, 2.45) is 0 Å². The van der Waals surface area contributed by atoms with Gasteiger partial charge >= 0.3 is 6.36 Å². The minimum Gasteiger partial charge on any atom is -0.403 e. The molecule has 3 aromatic rings. The Labute approximate surface area is 200 Å². The lowest BCUT2D eigenvalue weighted by Crippen LogP contribution is -2.45. The monoisotopic (exact) mass is 515 g/mol. The third-order valence-electron chi connectivity index (χ3n) is 5.08. The fourth-order valence-electron chi connectivity index (χ4n) is 3.34. The lowest BCUT2D eigenvalue weighted by molar-refractivity contribution is -0.275. The number of thiazole rings is 1. The van der Waals surface area contributed by atoms with E-state index in [2.05, 4.69) is 24.9 Å². The maximum atomic E-state index is 14.5. The van der Waals surface area contributed by atoms with Crippen LogP contribution in [0.3, 0.4) is 0 Å². The first kappa shape index (κ1) is 24.2. The van der Waals surface area contributed by atoms with Crippen LogP contribution in [-0.4, -0.2) is 60.4 Å². The molecule has 0 bridgehead atoms. The van der Waals surface area contributed by atoms with Crippen LogP contribution < -0.4 is 15.0 Å². The summed E-state index contributed by atoms with van der Waals surface area (Å²) in [5.74, 6) is -2.11. The van der Waals surface area contributed by atoms with E-state index >= 15 is 0 Å². The number of rotatable bonds is 5. The van der Waals surface area contributed by atoms with Crippen LogP contribution in [0.4, 0.5) is 28.5 Å². The molecule has 1 aliphatic heterocycles. The molecule has 1 saturated heterocycles. The summed E-state index contributed by atoms with van der Waals surface area (Å²) in [7, 11) is 2.03. The normalized spacial score (nSPS) is 14.8. The van der Waals surface area contributed by atoms with E-state index in [9.17, 15) is 22.4 Å². The summed E-state index contributed by atoms with van der Waals surface area (Å²) >= 11 is 7.35. The number of piperazine rings is 1. The Morgan fingerprint density at radius 3 is 2.65 bits per heavy atom. The molecule has 4 rings (SSSR count). The summed E-state index contributed by atoms with van der Waals surface area (Å²) in [5.41, 5.74) is 0.0538. The zero-order valence-electron chi connectivity index (χ0n) is 17.7. The number of nitrogens with one attached hydrogen (secondary N) is 1. The number of anilines is 2. The Bertz CT molecular complexity index is 1200. The van der Waals surface area contributed by atoms with Gasteiger partial charge in [0.15, 0.2) is 16.7 Å². The van der Waals surface area contributed by atoms with Crippen molar-refractivity contribution in [3.63, 3.8) is 0 Å². The van der Waals surface area contributed by atoms with E-state index in [4.69, 9.17) is 11.6 Å². The summed E-state index contributed by atoms with van der Waals surface area (Å²) in [6.07, 6.45) is -3.63. The molecule has 1 N–H and O–H groups in total. The molecule has 0 spiro atoms. The van der Waals surface area contributed by atoms with Crippen LogP contribution in [0, 0.1) is 5.82 Å². The minimum atomic E-state index is -5.03. The van der Waals surface area contributed by atoms with Gasteiger partial charge < -0.3 is 14.5 Å². The van der Waals surface area contributed by atoms with Gasteiger partial charge in [-0.3, -0.25) is 10.1 Å². The molecular formula is C21H18ClF4N5O2S. The maximum absolute atomic E-state index is 14.5. The van der Waals surface area contributed by atoms with Gasteiger partial charge in [0.05, 0.1) is 16.3 Å². The number of alkyl halides is 3. The number of carbonyl (C=O) groups excluding carboxylic acids is 1. The average molecular weight is 516 g/mol. The van der Waals surface area contributed by atoms with E-state index in [0.29, 0.717) is 10.8 Å². The molecule has 0 aliphatic carbocycles. The minimum absolute atomic E-state index is 0.0481. The van der Waals surface area contributed by atoms with E-state index in [-0.39, 0.29) is 22.0 Å². The van der Waals surface area contributed by atoms with Gasteiger partial charge in [-0.05, 0) is 25.2 Å². The van der Waals surface area contributed by atoms with Gasteiger partial charge in [0.2, 0.25) is 0 Å². The van der Waals surface area contributed by atoms with E-state index in [1.54, 1.807) is 0 Å². The quantitative estimate of drug-likeness (QED) is 0.487. The average Bonchev–Trinajstić information content (AvgIpc) is 3.23. The molecule has 0 unspecified atom stereocenters. The Kier molecular flexibility index (Phi) is 6.91. The molecule has 0 saturated carbocycles. The van der Waals surface area contributed by atoms with Crippen LogP contribution >= 0.6 is 22.9 Å². The molecule has 13 heteroatoms. The van der Waals surface area contributed by atoms with Crippen LogP contribution in [0.5, 0.6) is 5.75 Å². The third kappa shape index (κ3) is 5.57. The number of ether oxygens (including phenoxy) is 1. The second-order valence-electron chi connectivity index (χ2n) is 7.48. The molecule has 1 aromatic carbocycles. The SMILES string of the molecule is CN1CCN(c2ncc(C(=O)Nc3nc(-c4cccc(OC(F)(F)F)c4F)cs3)cc2Cl)CC1. The molecule has 2 aromatic heterocycles. The van der Waals surface area contributed by atoms with Gasteiger partial charge in [-0.25, -0.2) is 14.4 Å². The second-order valence-corrected chi connectivity index (χ2v) is 8.74. The highest BCUT2D eigenvalue weighted by atomic mass is 35.5. The van der Waals surface area contributed by atoms with Crippen LogP contribution in [0.1, 0.15) is 10.4 Å². The summed E-state index contributed by atoms with van der Waals surface area (Å²) in [4.78, 5) is 25.3. The Balaban J connectivity index is 1.47. The summed E-state index contributed by atoms with van der Waals surface area (Å²) in [6.45, 7) is 3.28. The number of nitrogens with zero attached hydrogens (tertiary/aromatic N) is 4. The molecule has 180 valence electrons. The highest BCUT2D eigenvalue weighted by Gasteiger charge is 2.33. The zero-order chi connectivity index (χ0) is 24.5. The van der Waals surface area contributed by atoms with Crippen molar-refractivity contribution >= 4 is 39.8 Å². The van der Waals surface area contributed by atoms with Crippen molar-refractivity contribution < 1.29 is 27.1 Å². The Morgan fingerprint density at radius 1 is 1.24 bits per heavy atom. The van der Waals surface area contributed by atoms with Crippen LogP contribution in [0.2, 0.25) is 5.02 Å². The highest BCUT2D eigenvalue weighted by molar-refractivity contribution is 7.14. The molecule has 0 atom stereocenters. The van der Waals surface area contributed by atoms with E-state index < -0.39 is 23.8 Å². The topological polar surface area (TPSA) is 70.6 Å². The zero-order valence-corrected chi connectivity index (χ0v) is 19.3. The standard InChI is InChI=1S/C21H18ClF4N5O2S/c1-30-5-7-31(8-6-30)18-14(22)9-12(10-27-18)19(32)29-20-28-15(11-34-20)13-3-2-4-16(17(13)23)33-21(24,25)26/h2-4,9-11H,5-8H2,1H3,(H,28,29,32). The molecule has 3 heterocycles. The van der Waals surface area contributed by atoms with Crippen LogP contribution in [0.15, 0.2) is 35.8 Å². The second kappa shape index (κ2) is 9.72. The molecule has 7 nitrogen and oxygen atoms in total. The Morgan fingerprint density at radius 2 is 1.97 bits per heavy atom. The molecule has 0 radical (unpaired) electrons. The van der Waals surface area contributed by atoms with Gasteiger partial charge in [0.1, 0.15) is 5.82 Å². The third-order valence-corrected chi connectivity index (χ3v) is 6.11. The van der Waals surface area contributed by atoms with Crippen molar-refractivity contribution in [3.8, 4) is 17.0 Å². The summed E-state index contributed by atoms with van der Waals surface area (Å²) in [5, 5.41) is 4.44. The predicted octanol–water partition coefficient (Wildman–Crippen LogP) is 4.90. The van der Waals surface area contributed by atoms with Gasteiger partial charge in [-0.1, -0.05) is 17.7 Å². The van der Waals surface area contributed by atoms with E-state index in [1.807, 2.05) is 11.9 Å². The Hall–Kier alpha value is -2.96. The first-order chi connectivity index (χ1) is 16.1. The van der Waals surface area contributed by atoms with Crippen molar-refractivity contribution in [2.45, 2.75) is 6.36 Å². The van der Waals surface area contributed by atoms with E-state index in [1.165, 1.54) is 29.8 Å². The maximum Gasteiger partial charge on any atom is 0.573 e. The lowest BCUT2D eigenvalue weighted by atomic mass is 10.1. The number of hydrogen-bond acceptors (Lipinski definition) is 7. The van der Waals surface area contributed by atoms with Crippen LogP contribution in [-0.2, 0) is 0 Å². The number of halogens is 5. The van der Waals surface area contributed by atoms with Crippen molar-refractivity contribution in [1.29, 1.82) is 0 Å². The van der Waals surface area contributed by atoms with Gasteiger partial charge in [-0.15, -0.1) is 24.5 Å². The first-order valence-electron chi connectivity index (χ1n) is 10.0. The van der Waals surface area contributed by atoms with Crippen LogP contribution in [0.25, 0.3) is 11.3 Å². The fourth-order valence-corrected chi connectivity index (χ4v) is 4.33. The fraction of sp³-hybridized carbons (Fsp3) is 0.286. The number of pyridine rings is 1. The molecule has 1 amide bonds. The number of aromatic nitrogens is 2. The molecular weight excluding hydrogens is 498 g/mol. The smallest absolute Gasteiger partial charge is 0.403 e. The van der Waals surface area contributed by atoms with Gasteiger partial charge in [-0.2, -0.15) is 0 Å². The van der Waals surface area contributed by atoms with Crippen molar-refractivity contribution in [3.05, 3.63) is 52.2 Å². The summed E-state index contributed by atoms with van der Waals surface area (Å²) in [6, 6.07) is 4.85. The largest absolute Gasteiger partial charge is 0.573 e. The number of amides is 1. The number of benzene rings is 1. The molecule has 34 heavy (non-hydrogen) atoms. The molecule has 1 fully saturated rings. The number of carbonyl (C=O) groups is 1. The lowest BCUT2D eigenvalue weighted by Gasteiger charge is -2.33. The number of likely N-dealkylation sites (N-methyl/N-ethyl adjacent to an activating group) is 1. The highest BCUT2D eigenvalue weighted by Crippen LogP contribution is 2.34. The number of hydrogen-bond donors (Lipinski definition) is 1. The van der Waals surface area contributed by atoms with E-state index in [0.717, 1.165) is 43.6 Å². The van der Waals surface area contributed by atoms with Crippen molar-refractivity contribution in [1.82, 2.24) is 14.9 Å².